The second-order valence-electron chi connectivity index (χ2n) is 6.64. The van der Waals surface area contributed by atoms with Crippen LogP contribution in [-0.4, -0.2) is 24.5 Å². The van der Waals surface area contributed by atoms with Crippen LogP contribution in [0.4, 0.5) is 0 Å². The second-order valence-corrected chi connectivity index (χ2v) is 10.4. The van der Waals surface area contributed by atoms with Crippen molar-refractivity contribution in [1.29, 1.82) is 0 Å². The summed E-state index contributed by atoms with van der Waals surface area (Å²) in [7, 11) is 11.5. The van der Waals surface area contributed by atoms with E-state index in [9.17, 15) is 5.11 Å². The van der Waals surface area contributed by atoms with Crippen LogP contribution in [0.5, 0.6) is 11.5 Å². The Balaban J connectivity index is 0.000000891. The van der Waals surface area contributed by atoms with Crippen LogP contribution in [-0.2, 0) is 26.3 Å². The molecule has 1 aliphatic rings. The Morgan fingerprint density at radius 1 is 1.33 bits per heavy atom. The molecule has 0 saturated heterocycles. The molecule has 0 spiro atoms. The molecule has 6 heteroatoms. The van der Waals surface area contributed by atoms with Gasteiger partial charge in [0.25, 0.3) is 0 Å². The van der Waals surface area contributed by atoms with E-state index < -0.39 is 20.8 Å². The van der Waals surface area contributed by atoms with E-state index >= 15 is 0 Å². The molecule has 0 heterocycles. The van der Waals surface area contributed by atoms with Gasteiger partial charge < -0.3 is 9.84 Å². The molecule has 1 saturated carbocycles. The molecule has 1 aromatic carbocycles. The van der Waals surface area contributed by atoms with Crippen LogP contribution in [0.15, 0.2) is 17.1 Å². The minimum absolute atomic E-state index is 0.0887. The normalized spacial score (nSPS) is 15.2. The minimum atomic E-state index is -0.826. The zero-order valence-corrected chi connectivity index (χ0v) is 18.9. The molecule has 0 bridgehead atoms. The quantitative estimate of drug-likeness (QED) is 0.573. The number of phenols is 1. The number of hydrogen-bond acceptors (Lipinski definition) is 3. The van der Waals surface area contributed by atoms with Crippen molar-refractivity contribution in [3.8, 4) is 11.5 Å². The second kappa shape index (κ2) is 10.8. The van der Waals surface area contributed by atoms with E-state index in [4.69, 9.17) is 21.8 Å². The molecule has 1 aromatic rings. The number of halogens is 2. The van der Waals surface area contributed by atoms with E-state index in [0.29, 0.717) is 11.8 Å². The first kappa shape index (κ1) is 22.0. The molecule has 0 aromatic heterocycles. The topological polar surface area (TPSA) is 41.8 Å². The molecule has 1 N–H and O–H groups in total. The van der Waals surface area contributed by atoms with E-state index in [2.05, 4.69) is 25.8 Å². The monoisotopic (exact) mass is 449 g/mol. The van der Waals surface area contributed by atoms with E-state index in [1.54, 1.807) is 7.11 Å². The molecule has 0 atom stereocenters. The van der Waals surface area contributed by atoms with Gasteiger partial charge in [-0.15, -0.1) is 0 Å². The summed E-state index contributed by atoms with van der Waals surface area (Å²) >= 11 is -0.826. The number of aliphatic imine (C=N–C) groups is 1. The predicted octanol–water partition coefficient (Wildman–Crippen LogP) is 5.83. The third-order valence-corrected chi connectivity index (χ3v) is 4.71. The van der Waals surface area contributed by atoms with E-state index in [1.165, 1.54) is 12.8 Å². The number of ether oxygens (including phenoxy) is 1. The van der Waals surface area contributed by atoms with Crippen LogP contribution in [0, 0.1) is 0 Å². The van der Waals surface area contributed by atoms with Crippen LogP contribution in [0.2, 0.25) is 0 Å². The fraction of sp³-hybridized carbons (Fsp3) is 0.611. The van der Waals surface area contributed by atoms with Gasteiger partial charge in [-0.1, -0.05) is 33.6 Å². The van der Waals surface area contributed by atoms with E-state index in [-0.39, 0.29) is 5.41 Å². The van der Waals surface area contributed by atoms with Gasteiger partial charge in [0.1, 0.15) is 11.5 Å². The number of methoxy groups -OCH3 is 1. The fourth-order valence-electron chi connectivity index (χ4n) is 2.79. The van der Waals surface area contributed by atoms with Crippen LogP contribution < -0.4 is 4.74 Å². The molecule has 0 aliphatic heterocycles. The zero-order valence-electron chi connectivity index (χ0n) is 14.9. The Morgan fingerprint density at radius 2 is 1.92 bits per heavy atom. The molecule has 1 fully saturated rings. The first-order chi connectivity index (χ1) is 11.4. The van der Waals surface area contributed by atoms with Gasteiger partial charge in [-0.3, -0.25) is 4.99 Å². The average Bonchev–Trinajstić information content (AvgIpc) is 3.08. The van der Waals surface area contributed by atoms with Gasteiger partial charge in [-0.25, -0.2) is 0 Å². The molecule has 0 amide bonds. The van der Waals surface area contributed by atoms with Gasteiger partial charge in [-0.05, 0) is 36.8 Å². The van der Waals surface area contributed by atoms with Crippen LogP contribution in [0.3, 0.4) is 0 Å². The summed E-state index contributed by atoms with van der Waals surface area (Å²) in [6.45, 7) is 6.41. The number of benzene rings is 1. The van der Waals surface area contributed by atoms with Gasteiger partial charge in [-0.2, -0.15) is 0 Å². The fourth-order valence-corrected chi connectivity index (χ4v) is 2.79. The first-order valence-corrected chi connectivity index (χ1v) is 14.6. The number of hydrogen-bond donors (Lipinski definition) is 1. The van der Waals surface area contributed by atoms with Crippen molar-refractivity contribution in [2.24, 2.45) is 4.99 Å². The molecular formula is C18H27Cl2NO2Zr. The summed E-state index contributed by atoms with van der Waals surface area (Å²) < 4.78 is 5.39. The molecule has 1 aliphatic carbocycles. The van der Waals surface area contributed by atoms with Crippen molar-refractivity contribution in [3.05, 3.63) is 23.3 Å². The Bertz CT molecular complexity index is 544. The third kappa shape index (κ3) is 6.35. The summed E-state index contributed by atoms with van der Waals surface area (Å²) in [5, 5.41) is 10.6. The molecule has 134 valence electrons. The molecule has 3 nitrogen and oxygen atoms in total. The SMILES string of the molecule is CCC(C)(C)c1cc(OC)cc(C=NC2CCCC2)c1O.[Cl][Zr][Cl]. The van der Waals surface area contributed by atoms with E-state index in [0.717, 1.165) is 36.1 Å². The summed E-state index contributed by atoms with van der Waals surface area (Å²) in [5.74, 6) is 1.11. The van der Waals surface area contributed by atoms with Crippen molar-refractivity contribution in [3.63, 3.8) is 0 Å². The van der Waals surface area contributed by atoms with Gasteiger partial charge in [0.15, 0.2) is 0 Å². The van der Waals surface area contributed by atoms with Crippen molar-refractivity contribution in [1.82, 2.24) is 0 Å². The van der Waals surface area contributed by atoms with Crippen molar-refractivity contribution in [2.75, 3.05) is 7.11 Å². The van der Waals surface area contributed by atoms with Gasteiger partial charge >= 0.3 is 37.9 Å². The van der Waals surface area contributed by atoms with E-state index in [1.807, 2.05) is 18.3 Å². The van der Waals surface area contributed by atoms with Gasteiger partial charge in [0.05, 0.1) is 7.11 Å². The molecule has 24 heavy (non-hydrogen) atoms. The Morgan fingerprint density at radius 3 is 2.42 bits per heavy atom. The Hall–Kier alpha value is -0.0469. The third-order valence-electron chi connectivity index (χ3n) is 4.71. The maximum absolute atomic E-state index is 10.6. The Kier molecular flexibility index (Phi) is 9.93. The van der Waals surface area contributed by atoms with Crippen molar-refractivity contribution >= 4 is 23.2 Å². The maximum atomic E-state index is 10.6. The van der Waals surface area contributed by atoms with Gasteiger partial charge in [0.2, 0.25) is 0 Å². The predicted molar refractivity (Wildman–Crippen MR) is 99.5 cm³/mol. The average molecular weight is 452 g/mol. The molecule has 0 unspecified atom stereocenters. The van der Waals surface area contributed by atoms with Crippen LogP contribution >= 0.6 is 17.0 Å². The first-order valence-electron chi connectivity index (χ1n) is 8.30. The summed E-state index contributed by atoms with van der Waals surface area (Å²) in [6.07, 6.45) is 7.62. The van der Waals surface area contributed by atoms with Gasteiger partial charge in [0, 0.05) is 23.4 Å². The zero-order chi connectivity index (χ0) is 18.2. The Labute approximate surface area is 164 Å². The number of rotatable bonds is 5. The number of phenolic OH excluding ortho intramolecular Hbond substituents is 1. The molecule has 2 rings (SSSR count). The number of aromatic hydroxyl groups is 1. The van der Waals surface area contributed by atoms with Crippen molar-refractivity contribution in [2.45, 2.75) is 64.3 Å². The summed E-state index contributed by atoms with van der Waals surface area (Å²) in [6, 6.07) is 4.22. The molecular weight excluding hydrogens is 424 g/mol. The van der Waals surface area contributed by atoms with Crippen molar-refractivity contribution < 1.29 is 30.7 Å². The molecule has 0 radical (unpaired) electrons. The van der Waals surface area contributed by atoms with Crippen LogP contribution in [0.25, 0.3) is 0 Å². The van der Waals surface area contributed by atoms with Crippen LogP contribution in [0.1, 0.15) is 64.0 Å². The number of nitrogens with zero attached hydrogens (tertiary/aromatic N) is 1. The summed E-state index contributed by atoms with van der Waals surface area (Å²) in [4.78, 5) is 4.64. The summed E-state index contributed by atoms with van der Waals surface area (Å²) in [5.41, 5.74) is 1.60. The standard InChI is InChI=1S/C18H27NO2.2ClH.Zr/c1-5-18(2,3)16-11-15(21-4)10-13(17(16)20)12-19-14-8-6-7-9-14;;;/h10-12,14,20H,5-9H2,1-4H3;2*1H;/q;;;+2/p-2.